The van der Waals surface area contributed by atoms with Gasteiger partial charge < -0.3 is 9.64 Å². The Hall–Kier alpha value is -1.36. The number of carbonyl (C=O) groups is 2. The van der Waals surface area contributed by atoms with Crippen molar-refractivity contribution in [2.75, 3.05) is 20.2 Å². The van der Waals surface area contributed by atoms with E-state index < -0.39 is 5.97 Å². The monoisotopic (exact) mass is 341 g/mol. The molecule has 0 spiro atoms. The van der Waals surface area contributed by atoms with Gasteiger partial charge in [0.15, 0.2) is 0 Å². The first-order chi connectivity index (χ1) is 9.61. The van der Waals surface area contributed by atoms with Gasteiger partial charge in [-0.2, -0.15) is 0 Å². The van der Waals surface area contributed by atoms with Gasteiger partial charge in [0.1, 0.15) is 0 Å². The van der Waals surface area contributed by atoms with Crippen molar-refractivity contribution in [2.45, 2.75) is 26.7 Å². The first-order valence-electron chi connectivity index (χ1n) is 6.80. The first-order valence-corrected chi connectivity index (χ1v) is 7.59. The number of methoxy groups -OCH3 is 1. The summed E-state index contributed by atoms with van der Waals surface area (Å²) in [4.78, 5) is 25.5. The van der Waals surface area contributed by atoms with Crippen molar-refractivity contribution < 1.29 is 14.3 Å². The lowest BCUT2D eigenvalue weighted by Crippen LogP contribution is -2.27. The highest BCUT2D eigenvalue weighted by Gasteiger charge is 2.21. The van der Waals surface area contributed by atoms with Crippen molar-refractivity contribution in [2.24, 2.45) is 0 Å². The van der Waals surface area contributed by atoms with E-state index in [1.165, 1.54) is 7.11 Å². The van der Waals surface area contributed by atoms with Crippen molar-refractivity contribution in [3.05, 3.63) is 33.8 Å². The van der Waals surface area contributed by atoms with Crippen molar-refractivity contribution in [1.82, 2.24) is 4.90 Å². The van der Waals surface area contributed by atoms with Crippen LogP contribution in [-0.4, -0.2) is 37.0 Å². The molecule has 0 unspecified atom stereocenters. The number of nitrogens with zero attached hydrogens (tertiary/aromatic N) is 1. The third kappa shape index (κ3) is 4.07. The van der Waals surface area contributed by atoms with Gasteiger partial charge in [0.05, 0.1) is 12.7 Å². The molecule has 1 fully saturated rings. The van der Waals surface area contributed by atoms with Gasteiger partial charge in [0.2, 0.25) is 0 Å². The summed E-state index contributed by atoms with van der Waals surface area (Å²) in [6.45, 7) is 5.58. The van der Waals surface area contributed by atoms with Crippen LogP contribution in [0, 0.1) is 0 Å². The lowest BCUT2D eigenvalue weighted by Gasteiger charge is -2.15. The minimum absolute atomic E-state index is 0.0287. The zero-order valence-corrected chi connectivity index (χ0v) is 13.7. The summed E-state index contributed by atoms with van der Waals surface area (Å²) < 4.78 is 5.37. The van der Waals surface area contributed by atoms with Crippen LogP contribution in [0.5, 0.6) is 0 Å². The van der Waals surface area contributed by atoms with Crippen molar-refractivity contribution in [3.63, 3.8) is 0 Å². The van der Waals surface area contributed by atoms with Crippen LogP contribution in [0.3, 0.4) is 0 Å². The Kier molecular flexibility index (Phi) is 6.71. The molecule has 0 aromatic heterocycles. The van der Waals surface area contributed by atoms with Crippen LogP contribution < -0.4 is 0 Å². The predicted molar refractivity (Wildman–Crippen MR) is 82.0 cm³/mol. The quantitative estimate of drug-likeness (QED) is 0.773. The average molecular weight is 342 g/mol. The van der Waals surface area contributed by atoms with E-state index in [9.17, 15) is 9.59 Å². The molecule has 0 bridgehead atoms. The second-order valence-corrected chi connectivity index (χ2v) is 5.14. The van der Waals surface area contributed by atoms with Crippen LogP contribution in [0.2, 0.25) is 0 Å². The van der Waals surface area contributed by atoms with E-state index >= 15 is 0 Å². The largest absolute Gasteiger partial charge is 0.465 e. The lowest BCUT2D eigenvalue weighted by molar-refractivity contribution is 0.0600. The Bertz CT molecular complexity index is 482. The van der Waals surface area contributed by atoms with Gasteiger partial charge in [-0.25, -0.2) is 4.79 Å². The normalized spacial score (nSPS) is 13.5. The Morgan fingerprint density at radius 2 is 1.65 bits per heavy atom. The third-order valence-electron chi connectivity index (χ3n) is 2.96. The summed E-state index contributed by atoms with van der Waals surface area (Å²) in [5.41, 5.74) is 0.904. The molecule has 0 saturated carbocycles. The van der Waals surface area contributed by atoms with E-state index in [2.05, 4.69) is 20.7 Å². The van der Waals surface area contributed by atoms with Crippen LogP contribution in [0.4, 0.5) is 0 Å². The molecule has 1 aliphatic heterocycles. The molecule has 2 rings (SSSR count). The van der Waals surface area contributed by atoms with Crippen LogP contribution in [-0.2, 0) is 4.74 Å². The number of hydrogen-bond donors (Lipinski definition) is 0. The number of rotatable bonds is 2. The predicted octanol–water partition coefficient (Wildman–Crippen LogP) is 3.50. The summed E-state index contributed by atoms with van der Waals surface area (Å²) in [6, 6.07) is 4.96. The zero-order chi connectivity index (χ0) is 15.1. The fourth-order valence-corrected chi connectivity index (χ4v) is 2.54. The average Bonchev–Trinajstić information content (AvgIpc) is 3.01. The van der Waals surface area contributed by atoms with E-state index in [4.69, 9.17) is 0 Å². The highest BCUT2D eigenvalue weighted by molar-refractivity contribution is 9.10. The van der Waals surface area contributed by atoms with Crippen LogP contribution in [0.1, 0.15) is 47.4 Å². The van der Waals surface area contributed by atoms with Gasteiger partial charge in [-0.15, -0.1) is 0 Å². The van der Waals surface area contributed by atoms with E-state index in [0.717, 1.165) is 25.9 Å². The number of carbonyl (C=O) groups excluding carboxylic acids is 2. The van der Waals surface area contributed by atoms with Crippen LogP contribution in [0.15, 0.2) is 22.7 Å². The van der Waals surface area contributed by atoms with Crippen molar-refractivity contribution >= 4 is 27.8 Å². The molecule has 5 heteroatoms. The summed E-state index contributed by atoms with van der Waals surface area (Å²) in [7, 11) is 1.32. The van der Waals surface area contributed by atoms with Gasteiger partial charge >= 0.3 is 5.97 Å². The lowest BCUT2D eigenvalue weighted by atomic mass is 10.1. The molecule has 0 aliphatic carbocycles. The highest BCUT2D eigenvalue weighted by Crippen LogP contribution is 2.20. The number of esters is 1. The third-order valence-corrected chi connectivity index (χ3v) is 3.42. The standard InChI is InChI=1S/C13H14BrNO3.C2H6/c1-18-13(17)10-6-9(7-11(14)8-10)12(16)15-4-2-3-5-15;1-2/h6-8H,2-5H2,1H3;1-2H3. The molecule has 1 aromatic carbocycles. The molecule has 110 valence electrons. The highest BCUT2D eigenvalue weighted by atomic mass is 79.9. The number of amides is 1. The molecular weight excluding hydrogens is 322 g/mol. The van der Waals surface area contributed by atoms with E-state index in [-0.39, 0.29) is 5.91 Å². The zero-order valence-electron chi connectivity index (χ0n) is 12.1. The van der Waals surface area contributed by atoms with Gasteiger partial charge in [0, 0.05) is 23.1 Å². The molecule has 1 heterocycles. The smallest absolute Gasteiger partial charge is 0.337 e. The molecule has 1 aliphatic rings. The van der Waals surface area contributed by atoms with Gasteiger partial charge in [-0.1, -0.05) is 29.8 Å². The minimum Gasteiger partial charge on any atom is -0.465 e. The molecule has 20 heavy (non-hydrogen) atoms. The first kappa shape index (κ1) is 16.7. The molecule has 0 N–H and O–H groups in total. The summed E-state index contributed by atoms with van der Waals surface area (Å²) in [5, 5.41) is 0. The van der Waals surface area contributed by atoms with Crippen molar-refractivity contribution in [3.8, 4) is 0 Å². The fraction of sp³-hybridized carbons (Fsp3) is 0.467. The van der Waals surface area contributed by atoms with Gasteiger partial charge in [0.25, 0.3) is 5.91 Å². The Morgan fingerprint density at radius 1 is 1.10 bits per heavy atom. The molecule has 0 atom stereocenters. The van der Waals surface area contributed by atoms with E-state index in [1.54, 1.807) is 18.2 Å². The summed E-state index contributed by atoms with van der Waals surface area (Å²) >= 11 is 3.31. The number of halogens is 1. The molecule has 1 aromatic rings. The van der Waals surface area contributed by atoms with Crippen LogP contribution >= 0.6 is 15.9 Å². The van der Waals surface area contributed by atoms with Crippen LogP contribution in [0.25, 0.3) is 0 Å². The second-order valence-electron chi connectivity index (χ2n) is 4.22. The van der Waals surface area contributed by atoms with Gasteiger partial charge in [-0.3, -0.25) is 4.79 Å². The Morgan fingerprint density at radius 3 is 2.20 bits per heavy atom. The maximum absolute atomic E-state index is 12.2. The fourth-order valence-electron chi connectivity index (χ4n) is 2.05. The number of ether oxygens (including phenoxy) is 1. The van der Waals surface area contributed by atoms with E-state index in [0.29, 0.717) is 15.6 Å². The maximum atomic E-state index is 12.2. The Labute approximate surface area is 128 Å². The maximum Gasteiger partial charge on any atom is 0.337 e. The number of hydrogen-bond acceptors (Lipinski definition) is 3. The number of benzene rings is 1. The molecule has 1 saturated heterocycles. The summed E-state index contributed by atoms with van der Waals surface area (Å²) in [6.07, 6.45) is 2.09. The SMILES string of the molecule is CC.COC(=O)c1cc(Br)cc(C(=O)N2CCCC2)c1. The number of likely N-dealkylation sites (tertiary alicyclic amines) is 1. The Balaban J connectivity index is 0.000000956. The molecule has 1 amide bonds. The van der Waals surface area contributed by atoms with Crippen molar-refractivity contribution in [1.29, 1.82) is 0 Å². The summed E-state index contributed by atoms with van der Waals surface area (Å²) in [5.74, 6) is -0.467. The molecule has 4 nitrogen and oxygen atoms in total. The van der Waals surface area contributed by atoms with E-state index in [1.807, 2.05) is 18.7 Å². The topological polar surface area (TPSA) is 46.6 Å². The van der Waals surface area contributed by atoms with Gasteiger partial charge in [-0.05, 0) is 31.0 Å². The second kappa shape index (κ2) is 8.04. The molecular formula is C15H20BrNO3. The molecule has 0 radical (unpaired) electrons. The minimum atomic E-state index is -0.438.